The fourth-order valence-electron chi connectivity index (χ4n) is 1.03. The molecule has 0 aromatic heterocycles. The van der Waals surface area contributed by atoms with Gasteiger partial charge in [-0.1, -0.05) is 31.2 Å². The minimum Gasteiger partial charge on any atom is -0.319 e. The van der Waals surface area contributed by atoms with Crippen LogP contribution in [0.5, 0.6) is 0 Å². The summed E-state index contributed by atoms with van der Waals surface area (Å²) in [5.74, 6) is 0. The minimum absolute atomic E-state index is 0.625. The van der Waals surface area contributed by atoms with Gasteiger partial charge in [-0.25, -0.2) is 0 Å². The monoisotopic (exact) mass is 160 g/mol. The standard InChI is InChI=1S/C10H12N2/c1-2-9-3-5-10(6-4-9)7-12-8-11/h3-6,12H,2,7H2,1H3. The van der Waals surface area contributed by atoms with E-state index in [1.807, 2.05) is 18.3 Å². The van der Waals surface area contributed by atoms with E-state index in [1.165, 1.54) is 5.56 Å². The first-order valence-corrected chi connectivity index (χ1v) is 4.06. The van der Waals surface area contributed by atoms with Crippen LogP contribution in [0.15, 0.2) is 24.3 Å². The SMILES string of the molecule is CCc1ccc(CNC#N)cc1. The van der Waals surface area contributed by atoms with Gasteiger partial charge in [-0.2, -0.15) is 5.26 Å². The Bertz CT molecular complexity index is 269. The third-order valence-corrected chi connectivity index (χ3v) is 1.80. The van der Waals surface area contributed by atoms with Gasteiger partial charge in [0, 0.05) is 6.54 Å². The summed E-state index contributed by atoms with van der Waals surface area (Å²) in [7, 11) is 0. The third-order valence-electron chi connectivity index (χ3n) is 1.80. The van der Waals surface area contributed by atoms with E-state index in [0.717, 1.165) is 12.0 Å². The van der Waals surface area contributed by atoms with Gasteiger partial charge in [0.15, 0.2) is 6.19 Å². The molecule has 0 spiro atoms. The maximum absolute atomic E-state index is 8.27. The van der Waals surface area contributed by atoms with Crippen LogP contribution in [0.2, 0.25) is 0 Å². The highest BCUT2D eigenvalue weighted by Crippen LogP contribution is 2.04. The number of hydrogen-bond donors (Lipinski definition) is 1. The molecule has 0 bridgehead atoms. The van der Waals surface area contributed by atoms with Gasteiger partial charge in [0.2, 0.25) is 0 Å². The van der Waals surface area contributed by atoms with Crippen molar-refractivity contribution in [1.82, 2.24) is 5.32 Å². The summed E-state index contributed by atoms with van der Waals surface area (Å²) in [5, 5.41) is 10.9. The van der Waals surface area contributed by atoms with E-state index in [2.05, 4.69) is 24.4 Å². The molecule has 0 aliphatic heterocycles. The molecule has 2 heteroatoms. The van der Waals surface area contributed by atoms with Crippen molar-refractivity contribution in [2.75, 3.05) is 0 Å². The first-order valence-electron chi connectivity index (χ1n) is 4.06. The zero-order valence-electron chi connectivity index (χ0n) is 7.17. The zero-order chi connectivity index (χ0) is 8.81. The molecular weight excluding hydrogens is 148 g/mol. The van der Waals surface area contributed by atoms with Crippen molar-refractivity contribution in [2.24, 2.45) is 0 Å². The maximum atomic E-state index is 8.27. The number of nitrogens with zero attached hydrogens (tertiary/aromatic N) is 1. The molecule has 0 atom stereocenters. The lowest BCUT2D eigenvalue weighted by molar-refractivity contribution is 0.883. The lowest BCUT2D eigenvalue weighted by atomic mass is 10.1. The second kappa shape index (κ2) is 4.40. The molecule has 1 rings (SSSR count). The van der Waals surface area contributed by atoms with Crippen molar-refractivity contribution in [3.8, 4) is 6.19 Å². The second-order valence-corrected chi connectivity index (χ2v) is 2.64. The fraction of sp³-hybridized carbons (Fsp3) is 0.300. The van der Waals surface area contributed by atoms with Crippen LogP contribution >= 0.6 is 0 Å². The molecule has 0 saturated carbocycles. The van der Waals surface area contributed by atoms with E-state index in [4.69, 9.17) is 5.26 Å². The first kappa shape index (κ1) is 8.61. The van der Waals surface area contributed by atoms with Crippen LogP contribution in [-0.2, 0) is 13.0 Å². The molecule has 0 aliphatic carbocycles. The van der Waals surface area contributed by atoms with Crippen LogP contribution in [0.4, 0.5) is 0 Å². The van der Waals surface area contributed by atoms with Crippen LogP contribution in [-0.4, -0.2) is 0 Å². The highest BCUT2D eigenvalue weighted by atomic mass is 14.8. The van der Waals surface area contributed by atoms with Gasteiger partial charge in [-0.05, 0) is 17.5 Å². The number of rotatable bonds is 3. The molecule has 0 fully saturated rings. The highest BCUT2D eigenvalue weighted by molar-refractivity contribution is 5.22. The van der Waals surface area contributed by atoms with Crippen molar-refractivity contribution in [2.45, 2.75) is 19.9 Å². The molecular formula is C10H12N2. The van der Waals surface area contributed by atoms with Gasteiger partial charge in [-0.15, -0.1) is 0 Å². The largest absolute Gasteiger partial charge is 0.319 e. The Morgan fingerprint density at radius 3 is 2.33 bits per heavy atom. The minimum atomic E-state index is 0.625. The van der Waals surface area contributed by atoms with Crippen molar-refractivity contribution in [1.29, 1.82) is 5.26 Å². The average molecular weight is 160 g/mol. The number of nitriles is 1. The molecule has 0 heterocycles. The molecule has 62 valence electrons. The molecule has 1 aromatic rings. The first-order chi connectivity index (χ1) is 5.86. The van der Waals surface area contributed by atoms with Gasteiger partial charge in [0.05, 0.1) is 0 Å². The van der Waals surface area contributed by atoms with Crippen LogP contribution in [0, 0.1) is 11.5 Å². The van der Waals surface area contributed by atoms with Crippen LogP contribution in [0.25, 0.3) is 0 Å². The van der Waals surface area contributed by atoms with E-state index >= 15 is 0 Å². The van der Waals surface area contributed by atoms with Crippen LogP contribution in [0.3, 0.4) is 0 Å². The fourth-order valence-corrected chi connectivity index (χ4v) is 1.03. The average Bonchev–Trinajstić information content (AvgIpc) is 2.15. The number of benzene rings is 1. The zero-order valence-corrected chi connectivity index (χ0v) is 7.17. The van der Waals surface area contributed by atoms with Crippen molar-refractivity contribution >= 4 is 0 Å². The van der Waals surface area contributed by atoms with Gasteiger partial charge >= 0.3 is 0 Å². The van der Waals surface area contributed by atoms with Gasteiger partial charge < -0.3 is 5.32 Å². The summed E-state index contributed by atoms with van der Waals surface area (Å²) in [6, 6.07) is 8.27. The molecule has 1 N–H and O–H groups in total. The Labute approximate surface area is 72.8 Å². The summed E-state index contributed by atoms with van der Waals surface area (Å²) < 4.78 is 0. The summed E-state index contributed by atoms with van der Waals surface area (Å²) in [5.41, 5.74) is 2.48. The number of aryl methyl sites for hydroxylation is 1. The summed E-state index contributed by atoms with van der Waals surface area (Å²) in [4.78, 5) is 0. The van der Waals surface area contributed by atoms with Crippen molar-refractivity contribution < 1.29 is 0 Å². The molecule has 0 unspecified atom stereocenters. The summed E-state index contributed by atoms with van der Waals surface area (Å²) >= 11 is 0. The Morgan fingerprint density at radius 2 is 1.83 bits per heavy atom. The molecule has 0 radical (unpaired) electrons. The second-order valence-electron chi connectivity index (χ2n) is 2.64. The molecule has 0 saturated heterocycles. The van der Waals surface area contributed by atoms with E-state index in [1.54, 1.807) is 0 Å². The summed E-state index contributed by atoms with van der Waals surface area (Å²) in [6.07, 6.45) is 2.96. The molecule has 0 aliphatic rings. The third kappa shape index (κ3) is 2.28. The van der Waals surface area contributed by atoms with Gasteiger partial charge in [0.25, 0.3) is 0 Å². The molecule has 1 aromatic carbocycles. The maximum Gasteiger partial charge on any atom is 0.176 e. The normalized spacial score (nSPS) is 9.00. The predicted molar refractivity (Wildman–Crippen MR) is 48.3 cm³/mol. The smallest absolute Gasteiger partial charge is 0.176 e. The Hall–Kier alpha value is -1.49. The van der Waals surface area contributed by atoms with E-state index in [0.29, 0.717) is 6.54 Å². The lowest BCUT2D eigenvalue weighted by Crippen LogP contribution is -2.04. The molecule has 0 amide bonds. The van der Waals surface area contributed by atoms with E-state index in [9.17, 15) is 0 Å². The van der Waals surface area contributed by atoms with E-state index < -0.39 is 0 Å². The summed E-state index contributed by atoms with van der Waals surface area (Å²) in [6.45, 7) is 2.75. The van der Waals surface area contributed by atoms with E-state index in [-0.39, 0.29) is 0 Å². The quantitative estimate of drug-likeness (QED) is 0.540. The molecule has 2 nitrogen and oxygen atoms in total. The number of nitrogens with one attached hydrogen (secondary N) is 1. The van der Waals surface area contributed by atoms with Crippen LogP contribution in [0.1, 0.15) is 18.1 Å². The Kier molecular flexibility index (Phi) is 3.16. The van der Waals surface area contributed by atoms with Crippen LogP contribution < -0.4 is 5.32 Å². The highest BCUT2D eigenvalue weighted by Gasteiger charge is 1.91. The van der Waals surface area contributed by atoms with Gasteiger partial charge in [-0.3, -0.25) is 0 Å². The molecule has 12 heavy (non-hydrogen) atoms. The Balaban J connectivity index is 2.60. The number of hydrogen-bond acceptors (Lipinski definition) is 2. The topological polar surface area (TPSA) is 35.8 Å². The lowest BCUT2D eigenvalue weighted by Gasteiger charge is -1.99. The van der Waals surface area contributed by atoms with Crippen molar-refractivity contribution in [3.05, 3.63) is 35.4 Å². The van der Waals surface area contributed by atoms with Crippen molar-refractivity contribution in [3.63, 3.8) is 0 Å². The van der Waals surface area contributed by atoms with Gasteiger partial charge in [0.1, 0.15) is 0 Å². The predicted octanol–water partition coefficient (Wildman–Crippen LogP) is 1.82. The Morgan fingerprint density at radius 1 is 1.25 bits per heavy atom.